The Morgan fingerprint density at radius 3 is 2.53 bits per heavy atom. The number of halogens is 4. The second-order valence-electron chi connectivity index (χ2n) is 8.48. The molecule has 1 aromatic heterocycles. The van der Waals surface area contributed by atoms with Crippen LogP contribution in [-0.4, -0.2) is 54.9 Å². The predicted molar refractivity (Wildman–Crippen MR) is 121 cm³/mol. The molecule has 196 valence electrons. The molecular weight excluding hydrogens is 529 g/mol. The SMILES string of the molecule is CC(C)(OC(=O)Cc1ccc2c(c1)N(S(=O)(=O)c1ccc(Cl)cn1)C[C@H](CCC(=O)O)O2)C(F)(F)F. The number of benzene rings is 1. The van der Waals surface area contributed by atoms with Crippen molar-refractivity contribution in [1.29, 1.82) is 0 Å². The first-order valence-corrected chi connectivity index (χ1v) is 12.4. The Morgan fingerprint density at radius 1 is 1.25 bits per heavy atom. The van der Waals surface area contributed by atoms with Gasteiger partial charge in [0.05, 0.1) is 23.7 Å². The van der Waals surface area contributed by atoms with E-state index in [1.807, 2.05) is 0 Å². The van der Waals surface area contributed by atoms with Crippen LogP contribution >= 0.6 is 11.6 Å². The van der Waals surface area contributed by atoms with Gasteiger partial charge in [-0.25, -0.2) is 4.98 Å². The Kier molecular flexibility index (Phi) is 7.75. The molecule has 0 amide bonds. The molecule has 0 radical (unpaired) electrons. The molecule has 2 aromatic rings. The fourth-order valence-electron chi connectivity index (χ4n) is 3.30. The number of carboxylic acid groups (broad SMARTS) is 1. The molecule has 0 unspecified atom stereocenters. The van der Waals surface area contributed by atoms with Crippen molar-refractivity contribution in [2.24, 2.45) is 0 Å². The van der Waals surface area contributed by atoms with E-state index in [0.29, 0.717) is 0 Å². The average Bonchev–Trinajstić information content (AvgIpc) is 2.76. The number of carboxylic acids is 1. The minimum absolute atomic E-state index is 0.00937. The van der Waals surface area contributed by atoms with Crippen LogP contribution in [-0.2, 0) is 30.8 Å². The van der Waals surface area contributed by atoms with Crippen molar-refractivity contribution in [3.8, 4) is 5.75 Å². The third-order valence-electron chi connectivity index (χ3n) is 5.29. The molecule has 0 saturated heterocycles. The summed E-state index contributed by atoms with van der Waals surface area (Å²) < 4.78 is 77.3. The van der Waals surface area contributed by atoms with Gasteiger partial charge in [-0.15, -0.1) is 0 Å². The van der Waals surface area contributed by atoms with Crippen LogP contribution in [0.3, 0.4) is 0 Å². The van der Waals surface area contributed by atoms with Crippen molar-refractivity contribution in [2.75, 3.05) is 10.8 Å². The molecule has 1 aliphatic heterocycles. The van der Waals surface area contributed by atoms with Crippen molar-refractivity contribution in [3.63, 3.8) is 0 Å². The largest absolute Gasteiger partial charge is 0.486 e. The van der Waals surface area contributed by atoms with Gasteiger partial charge in [-0.05, 0) is 50.1 Å². The Labute approximate surface area is 209 Å². The molecule has 14 heteroatoms. The number of sulfonamides is 1. The molecule has 1 N–H and O–H groups in total. The normalized spacial score (nSPS) is 16.2. The summed E-state index contributed by atoms with van der Waals surface area (Å²) in [7, 11) is -4.29. The van der Waals surface area contributed by atoms with E-state index in [9.17, 15) is 31.2 Å². The number of fused-ring (bicyclic) bond motifs is 1. The third-order valence-corrected chi connectivity index (χ3v) is 7.21. The zero-order valence-electron chi connectivity index (χ0n) is 19.1. The van der Waals surface area contributed by atoms with Crippen molar-refractivity contribution < 1.29 is 45.8 Å². The topological polar surface area (TPSA) is 123 Å². The summed E-state index contributed by atoms with van der Waals surface area (Å²) in [5.74, 6) is -2.17. The smallest absolute Gasteiger partial charge is 0.427 e. The lowest BCUT2D eigenvalue weighted by molar-refractivity contribution is -0.257. The molecule has 0 aliphatic carbocycles. The number of ether oxygens (including phenoxy) is 2. The first-order valence-electron chi connectivity index (χ1n) is 10.5. The first-order chi connectivity index (χ1) is 16.6. The van der Waals surface area contributed by atoms with Crippen LogP contribution in [0.4, 0.5) is 18.9 Å². The summed E-state index contributed by atoms with van der Waals surface area (Å²) >= 11 is 5.81. The molecule has 0 spiro atoms. The van der Waals surface area contributed by atoms with Gasteiger partial charge in [0.15, 0.2) is 5.03 Å². The lowest BCUT2D eigenvalue weighted by Gasteiger charge is -2.35. The minimum atomic E-state index is -4.78. The van der Waals surface area contributed by atoms with Crippen LogP contribution in [0.15, 0.2) is 41.6 Å². The van der Waals surface area contributed by atoms with Gasteiger partial charge in [0.25, 0.3) is 10.0 Å². The second-order valence-corrected chi connectivity index (χ2v) is 10.7. The Hall–Kier alpha value is -3.06. The molecule has 0 bridgehead atoms. The maximum atomic E-state index is 13.4. The summed E-state index contributed by atoms with van der Waals surface area (Å²) in [4.78, 5) is 27.1. The van der Waals surface area contributed by atoms with Crippen LogP contribution in [0.1, 0.15) is 32.3 Å². The van der Waals surface area contributed by atoms with Gasteiger partial charge in [-0.2, -0.15) is 21.6 Å². The predicted octanol–water partition coefficient (Wildman–Crippen LogP) is 3.98. The van der Waals surface area contributed by atoms with Crippen LogP contribution < -0.4 is 9.04 Å². The molecule has 1 aromatic carbocycles. The number of hydrogen-bond acceptors (Lipinski definition) is 7. The number of pyridine rings is 1. The lowest BCUT2D eigenvalue weighted by Crippen LogP contribution is -2.44. The van der Waals surface area contributed by atoms with E-state index in [2.05, 4.69) is 9.72 Å². The maximum absolute atomic E-state index is 13.4. The number of aromatic nitrogens is 1. The van der Waals surface area contributed by atoms with Crippen LogP contribution in [0.2, 0.25) is 5.02 Å². The van der Waals surface area contributed by atoms with Gasteiger partial charge in [0, 0.05) is 12.6 Å². The molecule has 0 fully saturated rings. The van der Waals surface area contributed by atoms with E-state index < -0.39 is 46.3 Å². The zero-order valence-corrected chi connectivity index (χ0v) is 20.7. The highest BCUT2D eigenvalue weighted by molar-refractivity contribution is 7.92. The summed E-state index contributed by atoms with van der Waals surface area (Å²) in [6, 6.07) is 6.56. The van der Waals surface area contributed by atoms with Gasteiger partial charge in [0.1, 0.15) is 11.9 Å². The van der Waals surface area contributed by atoms with Crippen molar-refractivity contribution in [3.05, 3.63) is 47.1 Å². The van der Waals surface area contributed by atoms with Crippen molar-refractivity contribution in [2.45, 2.75) is 56.0 Å². The molecule has 1 atom stereocenters. The van der Waals surface area contributed by atoms with E-state index in [-0.39, 0.29) is 46.4 Å². The minimum Gasteiger partial charge on any atom is -0.486 e. The average molecular weight is 551 g/mol. The standard InChI is InChI=1S/C22H22ClF3N2O7S/c1-21(2,22(24,25)26)35-20(31)10-13-3-6-17-16(9-13)28(12-15(34-17)5-8-19(29)30)36(32,33)18-7-4-14(23)11-27-18/h3-4,6-7,9,11,15H,5,8,10,12H2,1-2H3,(H,29,30)/t15-/m0/s1. The third kappa shape index (κ3) is 6.19. The number of rotatable bonds is 8. The molecule has 2 heterocycles. The number of esters is 1. The molecule has 9 nitrogen and oxygen atoms in total. The number of aliphatic carboxylic acids is 1. The van der Waals surface area contributed by atoms with E-state index in [1.54, 1.807) is 0 Å². The second kappa shape index (κ2) is 10.1. The lowest BCUT2D eigenvalue weighted by atomic mass is 10.1. The summed E-state index contributed by atoms with van der Waals surface area (Å²) in [6.07, 6.45) is -5.27. The highest BCUT2D eigenvalue weighted by Crippen LogP contribution is 2.39. The molecule has 3 rings (SSSR count). The zero-order chi connectivity index (χ0) is 26.9. The quantitative estimate of drug-likeness (QED) is 0.490. The number of hydrogen-bond donors (Lipinski definition) is 1. The van der Waals surface area contributed by atoms with Gasteiger partial charge >= 0.3 is 18.1 Å². The Bertz CT molecular complexity index is 1250. The van der Waals surface area contributed by atoms with E-state index >= 15 is 0 Å². The van der Waals surface area contributed by atoms with Crippen molar-refractivity contribution >= 4 is 39.3 Å². The fourth-order valence-corrected chi connectivity index (χ4v) is 4.83. The van der Waals surface area contributed by atoms with Crippen molar-refractivity contribution in [1.82, 2.24) is 4.98 Å². The van der Waals surface area contributed by atoms with Gasteiger partial charge in [-0.1, -0.05) is 17.7 Å². The number of carbonyl (C=O) groups is 2. The van der Waals surface area contributed by atoms with E-state index in [4.69, 9.17) is 21.4 Å². The number of nitrogens with zero attached hydrogens (tertiary/aromatic N) is 2. The number of anilines is 1. The molecule has 1 aliphatic rings. The van der Waals surface area contributed by atoms with Gasteiger partial charge in [0.2, 0.25) is 5.60 Å². The fraction of sp³-hybridized carbons (Fsp3) is 0.409. The monoisotopic (exact) mass is 550 g/mol. The Balaban J connectivity index is 1.95. The molecule has 0 saturated carbocycles. The molecule has 36 heavy (non-hydrogen) atoms. The van der Waals surface area contributed by atoms with Gasteiger partial charge < -0.3 is 14.6 Å². The Morgan fingerprint density at radius 2 is 1.94 bits per heavy atom. The maximum Gasteiger partial charge on any atom is 0.427 e. The highest BCUT2D eigenvalue weighted by Gasteiger charge is 2.50. The van der Waals surface area contributed by atoms with Crippen LogP contribution in [0, 0.1) is 0 Å². The van der Waals surface area contributed by atoms with E-state index in [1.165, 1.54) is 30.3 Å². The summed E-state index contributed by atoms with van der Waals surface area (Å²) in [5, 5.41) is 8.86. The number of alkyl halides is 3. The first kappa shape index (κ1) is 27.5. The summed E-state index contributed by atoms with van der Waals surface area (Å²) in [6.45, 7) is 1.18. The number of carbonyl (C=O) groups excluding carboxylic acids is 1. The summed E-state index contributed by atoms with van der Waals surface area (Å²) in [5.41, 5.74) is -2.53. The highest BCUT2D eigenvalue weighted by atomic mass is 35.5. The van der Waals surface area contributed by atoms with E-state index in [0.717, 1.165) is 24.3 Å². The van der Waals surface area contributed by atoms with Crippen LogP contribution in [0.25, 0.3) is 0 Å². The van der Waals surface area contributed by atoms with Crippen LogP contribution in [0.5, 0.6) is 5.75 Å². The van der Waals surface area contributed by atoms with Gasteiger partial charge in [-0.3, -0.25) is 13.9 Å². The molecular formula is C22H22ClF3N2O7S.